The van der Waals surface area contributed by atoms with Crippen LogP contribution >= 0.6 is 0 Å². The third kappa shape index (κ3) is 2.83. The average molecular weight is 258 g/mol. The van der Waals surface area contributed by atoms with Gasteiger partial charge in [0.25, 0.3) is 0 Å². The molecule has 1 heterocycles. The van der Waals surface area contributed by atoms with Crippen LogP contribution in [-0.4, -0.2) is 39.5 Å². The minimum absolute atomic E-state index is 0.135. The predicted octanol–water partition coefficient (Wildman–Crippen LogP) is 0.808. The van der Waals surface area contributed by atoms with E-state index in [1.54, 1.807) is 0 Å². The summed E-state index contributed by atoms with van der Waals surface area (Å²) in [5.74, 6) is -0.716. The van der Waals surface area contributed by atoms with Gasteiger partial charge < -0.3 is 4.90 Å². The van der Waals surface area contributed by atoms with E-state index in [1.165, 1.54) is 18.2 Å². The van der Waals surface area contributed by atoms with E-state index in [9.17, 15) is 12.8 Å². The normalized spacial score (nSPS) is 21.9. The highest BCUT2D eigenvalue weighted by molar-refractivity contribution is 7.89. The molecule has 0 spiro atoms. The number of sulfonamides is 1. The Labute approximate surface area is 100 Å². The van der Waals surface area contributed by atoms with Gasteiger partial charge in [0.05, 0.1) is 0 Å². The highest BCUT2D eigenvalue weighted by atomic mass is 32.2. The lowest BCUT2D eigenvalue weighted by atomic mass is 10.3. The SMILES string of the molecule is CN1CCC(NS(=O)(=O)c2ccccc2F)C1. The number of hydrogen-bond donors (Lipinski definition) is 1. The first-order valence-electron chi connectivity index (χ1n) is 5.44. The average Bonchev–Trinajstić information content (AvgIpc) is 2.63. The maximum Gasteiger partial charge on any atom is 0.243 e. The van der Waals surface area contributed by atoms with E-state index < -0.39 is 15.8 Å². The smallest absolute Gasteiger partial charge is 0.243 e. The number of benzene rings is 1. The van der Waals surface area contributed by atoms with Crippen LogP contribution in [0.25, 0.3) is 0 Å². The lowest BCUT2D eigenvalue weighted by molar-refractivity contribution is 0.407. The molecule has 1 unspecified atom stereocenters. The summed E-state index contributed by atoms with van der Waals surface area (Å²) >= 11 is 0. The molecule has 17 heavy (non-hydrogen) atoms. The van der Waals surface area contributed by atoms with E-state index >= 15 is 0 Å². The Hall–Kier alpha value is -0.980. The first-order valence-corrected chi connectivity index (χ1v) is 6.93. The number of likely N-dealkylation sites (N-methyl/N-ethyl adjacent to an activating group) is 1. The monoisotopic (exact) mass is 258 g/mol. The highest BCUT2D eigenvalue weighted by Gasteiger charge is 2.26. The number of halogens is 1. The van der Waals surface area contributed by atoms with Crippen molar-refractivity contribution in [3.8, 4) is 0 Å². The van der Waals surface area contributed by atoms with Crippen molar-refractivity contribution >= 4 is 10.0 Å². The zero-order valence-corrected chi connectivity index (χ0v) is 10.4. The predicted molar refractivity (Wildman–Crippen MR) is 62.6 cm³/mol. The molecule has 2 rings (SSSR count). The molecule has 1 aliphatic rings. The van der Waals surface area contributed by atoms with E-state index in [0.717, 1.165) is 19.0 Å². The third-order valence-corrected chi connectivity index (χ3v) is 4.39. The molecule has 1 fully saturated rings. The van der Waals surface area contributed by atoms with Gasteiger partial charge in [0.1, 0.15) is 10.7 Å². The molecular weight excluding hydrogens is 243 g/mol. The van der Waals surface area contributed by atoms with Crippen molar-refractivity contribution in [2.24, 2.45) is 0 Å². The van der Waals surface area contributed by atoms with Crippen molar-refractivity contribution in [2.75, 3.05) is 20.1 Å². The van der Waals surface area contributed by atoms with E-state index in [1.807, 2.05) is 11.9 Å². The van der Waals surface area contributed by atoms with Crippen LogP contribution in [0.5, 0.6) is 0 Å². The van der Waals surface area contributed by atoms with Gasteiger partial charge in [-0.05, 0) is 32.1 Å². The summed E-state index contributed by atoms with van der Waals surface area (Å²) in [4.78, 5) is 1.75. The Morgan fingerprint density at radius 3 is 2.71 bits per heavy atom. The van der Waals surface area contributed by atoms with Crippen LogP contribution in [0.1, 0.15) is 6.42 Å². The summed E-state index contributed by atoms with van der Waals surface area (Å²) in [6.45, 7) is 1.51. The van der Waals surface area contributed by atoms with E-state index in [-0.39, 0.29) is 10.9 Å². The van der Waals surface area contributed by atoms with Gasteiger partial charge in [-0.15, -0.1) is 0 Å². The standard InChI is InChI=1S/C11H15FN2O2S/c1-14-7-6-9(8-14)13-17(15,16)11-5-3-2-4-10(11)12/h2-5,9,13H,6-8H2,1H3. The molecule has 1 aromatic rings. The fraction of sp³-hybridized carbons (Fsp3) is 0.455. The molecule has 6 heteroatoms. The van der Waals surface area contributed by atoms with Crippen molar-refractivity contribution in [3.63, 3.8) is 0 Å². The second kappa shape index (κ2) is 4.72. The van der Waals surface area contributed by atoms with Crippen LogP contribution < -0.4 is 4.72 Å². The van der Waals surface area contributed by atoms with Crippen molar-refractivity contribution in [1.82, 2.24) is 9.62 Å². The van der Waals surface area contributed by atoms with Crippen LogP contribution in [0.15, 0.2) is 29.2 Å². The third-order valence-electron chi connectivity index (χ3n) is 2.84. The van der Waals surface area contributed by atoms with Gasteiger partial charge in [-0.2, -0.15) is 0 Å². The molecule has 0 aliphatic carbocycles. The number of nitrogens with zero attached hydrogens (tertiary/aromatic N) is 1. The number of likely N-dealkylation sites (tertiary alicyclic amines) is 1. The molecule has 0 aromatic heterocycles. The molecule has 94 valence electrons. The minimum Gasteiger partial charge on any atom is -0.305 e. The molecule has 0 radical (unpaired) electrons. The van der Waals surface area contributed by atoms with Crippen molar-refractivity contribution in [2.45, 2.75) is 17.4 Å². The molecule has 1 atom stereocenters. The Morgan fingerprint density at radius 2 is 2.12 bits per heavy atom. The van der Waals surface area contributed by atoms with Gasteiger partial charge >= 0.3 is 0 Å². The molecule has 4 nitrogen and oxygen atoms in total. The Morgan fingerprint density at radius 1 is 1.41 bits per heavy atom. The highest BCUT2D eigenvalue weighted by Crippen LogP contribution is 2.16. The maximum atomic E-state index is 13.4. The molecule has 1 aliphatic heterocycles. The van der Waals surface area contributed by atoms with Crippen molar-refractivity contribution in [3.05, 3.63) is 30.1 Å². The van der Waals surface area contributed by atoms with Gasteiger partial charge in [0.2, 0.25) is 10.0 Å². The quantitative estimate of drug-likeness (QED) is 0.873. The van der Waals surface area contributed by atoms with Gasteiger partial charge in [-0.1, -0.05) is 12.1 Å². The summed E-state index contributed by atoms with van der Waals surface area (Å²) < 4.78 is 39.8. The lowest BCUT2D eigenvalue weighted by Gasteiger charge is -2.13. The number of nitrogens with one attached hydrogen (secondary N) is 1. The zero-order chi connectivity index (χ0) is 12.5. The largest absolute Gasteiger partial charge is 0.305 e. The fourth-order valence-electron chi connectivity index (χ4n) is 1.98. The van der Waals surface area contributed by atoms with Gasteiger partial charge in [0.15, 0.2) is 0 Å². The van der Waals surface area contributed by atoms with Gasteiger partial charge in [-0.25, -0.2) is 17.5 Å². The molecule has 0 bridgehead atoms. The summed E-state index contributed by atoms with van der Waals surface area (Å²) in [7, 11) is -1.82. The summed E-state index contributed by atoms with van der Waals surface area (Å²) in [5.41, 5.74) is 0. The molecule has 0 amide bonds. The topological polar surface area (TPSA) is 49.4 Å². The first kappa shape index (κ1) is 12.5. The lowest BCUT2D eigenvalue weighted by Crippen LogP contribution is -2.36. The van der Waals surface area contributed by atoms with E-state index in [0.29, 0.717) is 6.54 Å². The first-order chi connectivity index (χ1) is 7.99. The Bertz CT molecular complexity index is 504. The van der Waals surface area contributed by atoms with E-state index in [4.69, 9.17) is 0 Å². The molecule has 1 aromatic carbocycles. The van der Waals surface area contributed by atoms with E-state index in [2.05, 4.69) is 4.72 Å². The van der Waals surface area contributed by atoms with Crippen LogP contribution in [0.4, 0.5) is 4.39 Å². The minimum atomic E-state index is -3.75. The van der Waals surface area contributed by atoms with Crippen LogP contribution in [-0.2, 0) is 10.0 Å². The van der Waals surface area contributed by atoms with Crippen LogP contribution in [0.3, 0.4) is 0 Å². The summed E-state index contributed by atoms with van der Waals surface area (Å²) in [6.07, 6.45) is 0.754. The molecule has 0 saturated carbocycles. The van der Waals surface area contributed by atoms with Crippen LogP contribution in [0, 0.1) is 5.82 Å². The summed E-state index contributed by atoms with van der Waals surface area (Å²) in [6, 6.07) is 5.27. The Balaban J connectivity index is 2.17. The molecule has 1 saturated heterocycles. The van der Waals surface area contributed by atoms with Crippen LogP contribution in [0.2, 0.25) is 0 Å². The molecular formula is C11H15FN2O2S. The van der Waals surface area contributed by atoms with Crippen molar-refractivity contribution < 1.29 is 12.8 Å². The zero-order valence-electron chi connectivity index (χ0n) is 9.56. The van der Waals surface area contributed by atoms with Crippen molar-refractivity contribution in [1.29, 1.82) is 0 Å². The second-order valence-corrected chi connectivity index (χ2v) is 5.98. The number of hydrogen-bond acceptors (Lipinski definition) is 3. The fourth-order valence-corrected chi connectivity index (χ4v) is 3.32. The second-order valence-electron chi connectivity index (χ2n) is 4.30. The van der Waals surface area contributed by atoms with Gasteiger partial charge in [-0.3, -0.25) is 0 Å². The summed E-state index contributed by atoms with van der Waals surface area (Å²) in [5, 5.41) is 0. The Kier molecular flexibility index (Phi) is 3.46. The number of rotatable bonds is 3. The van der Waals surface area contributed by atoms with Gasteiger partial charge in [0, 0.05) is 12.6 Å². The maximum absolute atomic E-state index is 13.4. The molecule has 1 N–H and O–H groups in total.